The molecule has 3 rings (SSSR count). The third kappa shape index (κ3) is 4.78. The Kier molecular flexibility index (Phi) is 5.96. The molecule has 1 amide bonds. The summed E-state index contributed by atoms with van der Waals surface area (Å²) in [6.07, 6.45) is -4.17. The predicted octanol–water partition coefficient (Wildman–Crippen LogP) is 5.45. The molecule has 0 aliphatic heterocycles. The fourth-order valence-electron chi connectivity index (χ4n) is 3.44. The average Bonchev–Trinajstić information content (AvgIpc) is 3.04. The summed E-state index contributed by atoms with van der Waals surface area (Å²) < 4.78 is 40.2. The highest BCUT2D eigenvalue weighted by Gasteiger charge is 2.30. The number of para-hydroxylation sites is 2. The van der Waals surface area contributed by atoms with Crippen LogP contribution in [0.5, 0.6) is 0 Å². The Hall–Kier alpha value is -2.83. The molecule has 1 atom stereocenters. The fourth-order valence-corrected chi connectivity index (χ4v) is 3.44. The first-order valence-electron chi connectivity index (χ1n) is 9.56. The van der Waals surface area contributed by atoms with Gasteiger partial charge in [0.1, 0.15) is 5.82 Å². The minimum absolute atomic E-state index is 0.167. The van der Waals surface area contributed by atoms with E-state index in [4.69, 9.17) is 0 Å². The number of rotatable bonds is 6. The van der Waals surface area contributed by atoms with Crippen LogP contribution >= 0.6 is 0 Å². The van der Waals surface area contributed by atoms with Crippen molar-refractivity contribution in [1.29, 1.82) is 0 Å². The molecule has 154 valence electrons. The Bertz CT molecular complexity index is 991. The van der Waals surface area contributed by atoms with E-state index in [1.54, 1.807) is 0 Å². The summed E-state index contributed by atoms with van der Waals surface area (Å²) in [6.45, 7) is 6.25. The second-order valence-electron chi connectivity index (χ2n) is 7.48. The molecule has 0 bridgehead atoms. The van der Waals surface area contributed by atoms with Gasteiger partial charge in [0.25, 0.3) is 0 Å². The quantitative estimate of drug-likeness (QED) is 0.595. The predicted molar refractivity (Wildman–Crippen MR) is 106 cm³/mol. The van der Waals surface area contributed by atoms with Gasteiger partial charge in [-0.1, -0.05) is 31.2 Å². The molecule has 0 fully saturated rings. The fraction of sp³-hybridized carbons (Fsp3) is 0.364. The lowest BCUT2D eigenvalue weighted by Gasteiger charge is -2.15. The summed E-state index contributed by atoms with van der Waals surface area (Å²) >= 11 is 0. The van der Waals surface area contributed by atoms with Crippen molar-refractivity contribution < 1.29 is 18.0 Å². The van der Waals surface area contributed by atoms with Crippen LogP contribution in [0, 0.1) is 0 Å². The molecule has 0 aliphatic carbocycles. The molecule has 1 heterocycles. The molecular formula is C22H24F3N3O. The Morgan fingerprint density at radius 3 is 2.34 bits per heavy atom. The number of hydrogen-bond acceptors (Lipinski definition) is 2. The van der Waals surface area contributed by atoms with Crippen LogP contribution in [0.4, 0.5) is 13.2 Å². The van der Waals surface area contributed by atoms with Crippen molar-refractivity contribution in [3.05, 3.63) is 65.5 Å². The van der Waals surface area contributed by atoms with Crippen molar-refractivity contribution >= 4 is 16.9 Å². The lowest BCUT2D eigenvalue weighted by atomic mass is 9.96. The van der Waals surface area contributed by atoms with Gasteiger partial charge in [-0.25, -0.2) is 4.98 Å². The first kappa shape index (κ1) is 20.9. The molecular weight excluding hydrogens is 379 g/mol. The van der Waals surface area contributed by atoms with Gasteiger partial charge in [0.2, 0.25) is 5.91 Å². The first-order chi connectivity index (χ1) is 13.7. The molecule has 1 unspecified atom stereocenters. The second-order valence-corrected chi connectivity index (χ2v) is 7.48. The number of imidazole rings is 1. The summed E-state index contributed by atoms with van der Waals surface area (Å²) in [6, 6.07) is 13.0. The van der Waals surface area contributed by atoms with E-state index in [1.165, 1.54) is 12.1 Å². The zero-order chi connectivity index (χ0) is 21.2. The van der Waals surface area contributed by atoms with Gasteiger partial charge in [0.05, 0.1) is 23.1 Å². The Morgan fingerprint density at radius 2 is 1.72 bits per heavy atom. The highest BCUT2D eigenvalue weighted by atomic mass is 19.4. The molecule has 1 N–H and O–H groups in total. The molecule has 0 saturated carbocycles. The lowest BCUT2D eigenvalue weighted by molar-refractivity contribution is -0.137. The van der Waals surface area contributed by atoms with Crippen molar-refractivity contribution in [3.8, 4) is 0 Å². The second kappa shape index (κ2) is 8.27. The highest BCUT2D eigenvalue weighted by Crippen LogP contribution is 2.30. The number of fused-ring (bicyclic) bond motifs is 1. The van der Waals surface area contributed by atoms with Crippen LogP contribution in [-0.2, 0) is 17.5 Å². The highest BCUT2D eigenvalue weighted by molar-refractivity contribution is 5.78. The number of carbonyl (C=O) groups excluding carboxylic acids is 1. The zero-order valence-electron chi connectivity index (χ0n) is 16.6. The summed E-state index contributed by atoms with van der Waals surface area (Å²) in [7, 11) is 0. The van der Waals surface area contributed by atoms with Gasteiger partial charge in [-0.3, -0.25) is 4.79 Å². The van der Waals surface area contributed by atoms with Crippen molar-refractivity contribution in [2.75, 3.05) is 0 Å². The van der Waals surface area contributed by atoms with E-state index in [0.29, 0.717) is 12.1 Å². The van der Waals surface area contributed by atoms with Gasteiger partial charge >= 0.3 is 6.18 Å². The van der Waals surface area contributed by atoms with Crippen LogP contribution in [-0.4, -0.2) is 15.5 Å². The van der Waals surface area contributed by atoms with Crippen LogP contribution in [0.15, 0.2) is 48.5 Å². The van der Waals surface area contributed by atoms with Crippen molar-refractivity contribution in [2.24, 2.45) is 0 Å². The number of nitrogens with one attached hydrogen (secondary N) is 1. The maximum Gasteiger partial charge on any atom is 0.416 e. The molecule has 4 nitrogen and oxygen atoms in total. The van der Waals surface area contributed by atoms with E-state index in [1.807, 2.05) is 31.2 Å². The van der Waals surface area contributed by atoms with Crippen LogP contribution in [0.1, 0.15) is 56.1 Å². The average molecular weight is 403 g/mol. The van der Waals surface area contributed by atoms with Crippen LogP contribution in [0.25, 0.3) is 11.0 Å². The maximum absolute atomic E-state index is 12.7. The molecule has 3 aromatic rings. The third-order valence-electron chi connectivity index (χ3n) is 4.93. The van der Waals surface area contributed by atoms with Crippen LogP contribution in [0.2, 0.25) is 0 Å². The number of alkyl halides is 3. The van der Waals surface area contributed by atoms with Gasteiger partial charge in [0.15, 0.2) is 0 Å². The Labute approximate surface area is 167 Å². The smallest absolute Gasteiger partial charge is 0.349 e. The number of hydrogen-bond donors (Lipinski definition) is 1. The van der Waals surface area contributed by atoms with E-state index in [9.17, 15) is 18.0 Å². The first-order valence-corrected chi connectivity index (χ1v) is 9.56. The Balaban J connectivity index is 1.64. The van der Waals surface area contributed by atoms with E-state index in [-0.39, 0.29) is 24.3 Å². The number of aromatic nitrogens is 2. The maximum atomic E-state index is 12.7. The number of carbonyl (C=O) groups is 1. The summed E-state index contributed by atoms with van der Waals surface area (Å²) in [5, 5.41) is 2.89. The van der Waals surface area contributed by atoms with Crippen molar-refractivity contribution in [3.63, 3.8) is 0 Å². The normalized spacial score (nSPS) is 13.1. The molecule has 2 aromatic carbocycles. The largest absolute Gasteiger partial charge is 0.416 e. The number of benzene rings is 2. The van der Waals surface area contributed by atoms with Gasteiger partial charge in [-0.2, -0.15) is 13.2 Å². The Morgan fingerprint density at radius 1 is 1.07 bits per heavy atom. The molecule has 0 radical (unpaired) electrons. The number of halogens is 3. The summed E-state index contributed by atoms with van der Waals surface area (Å²) in [4.78, 5) is 17.0. The van der Waals surface area contributed by atoms with Crippen molar-refractivity contribution in [2.45, 2.75) is 51.9 Å². The summed E-state index contributed by atoms with van der Waals surface area (Å²) in [5.74, 6) is 0.415. The van der Waals surface area contributed by atoms with E-state index < -0.39 is 11.7 Å². The molecule has 1 aromatic heterocycles. The lowest BCUT2D eigenvalue weighted by Crippen LogP contribution is -2.26. The van der Waals surface area contributed by atoms with Crippen LogP contribution < -0.4 is 5.32 Å². The van der Waals surface area contributed by atoms with Gasteiger partial charge < -0.3 is 9.88 Å². The molecule has 0 spiro atoms. The van der Waals surface area contributed by atoms with Gasteiger partial charge in [-0.05, 0) is 49.6 Å². The summed E-state index contributed by atoms with van der Waals surface area (Å²) in [5.41, 5.74) is 1.90. The van der Waals surface area contributed by atoms with Gasteiger partial charge in [-0.15, -0.1) is 0 Å². The molecule has 7 heteroatoms. The van der Waals surface area contributed by atoms with Crippen molar-refractivity contribution in [1.82, 2.24) is 14.9 Å². The van der Waals surface area contributed by atoms with Gasteiger partial charge in [0, 0.05) is 12.5 Å². The monoisotopic (exact) mass is 403 g/mol. The van der Waals surface area contributed by atoms with E-state index in [0.717, 1.165) is 29.0 Å². The molecule has 29 heavy (non-hydrogen) atoms. The van der Waals surface area contributed by atoms with E-state index >= 15 is 0 Å². The topological polar surface area (TPSA) is 46.9 Å². The zero-order valence-corrected chi connectivity index (χ0v) is 16.6. The van der Waals surface area contributed by atoms with Crippen LogP contribution in [0.3, 0.4) is 0 Å². The van der Waals surface area contributed by atoms with E-state index in [2.05, 4.69) is 28.7 Å². The minimum Gasteiger partial charge on any atom is -0.349 e. The third-order valence-corrected chi connectivity index (χ3v) is 4.93. The standard InChI is InChI=1S/C22H24F3N3O/c1-14(2)28-19-7-5-4-6-18(19)27-20(28)13-26-21(29)12-15(3)16-8-10-17(11-9-16)22(23,24)25/h4-11,14-15H,12-13H2,1-3H3,(H,26,29). The SMILES string of the molecule is CC(CC(=O)NCc1nc2ccccc2n1C(C)C)c1ccc(C(F)(F)F)cc1. The number of nitrogens with zero attached hydrogens (tertiary/aromatic N) is 2. The minimum atomic E-state index is -4.36. The molecule has 0 aliphatic rings. The molecule has 0 saturated heterocycles. The number of amides is 1.